The van der Waals surface area contributed by atoms with Gasteiger partial charge in [0, 0.05) is 42.7 Å². The normalized spacial score (nSPS) is 18.3. The minimum absolute atomic E-state index is 0.0255. The predicted molar refractivity (Wildman–Crippen MR) is 131 cm³/mol. The lowest BCUT2D eigenvalue weighted by molar-refractivity contribution is -0.136. The van der Waals surface area contributed by atoms with E-state index in [1.165, 1.54) is 17.5 Å². The fourth-order valence-corrected chi connectivity index (χ4v) is 4.24. The molecule has 0 amide bonds. The Bertz CT molecular complexity index is 1300. The Hall–Kier alpha value is -3.73. The Labute approximate surface area is 202 Å². The Morgan fingerprint density at radius 2 is 2.20 bits per heavy atom. The Kier molecular flexibility index (Phi) is 7.15. The SMILES string of the molecule is C/C(F)=C\C=C(/C(C)COc1cccc2c1nc(N)n1nc(CC(=O)O)nc21)N1CCN[C@H](C)C1. The number of nitrogen functional groups attached to an aromatic ring is 1. The van der Waals surface area contributed by atoms with Crippen molar-refractivity contribution >= 4 is 28.5 Å². The average molecular weight is 484 g/mol. The summed E-state index contributed by atoms with van der Waals surface area (Å²) in [5, 5.41) is 17.3. The van der Waals surface area contributed by atoms with Crippen LogP contribution < -0.4 is 15.8 Å². The molecule has 1 aliphatic heterocycles. The highest BCUT2D eigenvalue weighted by Gasteiger charge is 2.23. The number of fused-ring (bicyclic) bond motifs is 3. The number of piperazine rings is 1. The molecule has 1 unspecified atom stereocenters. The Balaban J connectivity index is 1.62. The summed E-state index contributed by atoms with van der Waals surface area (Å²) in [7, 11) is 0. The molecule has 35 heavy (non-hydrogen) atoms. The quantitative estimate of drug-likeness (QED) is 0.414. The number of para-hydroxylation sites is 1. The van der Waals surface area contributed by atoms with Crippen LogP contribution in [0.4, 0.5) is 10.3 Å². The van der Waals surface area contributed by atoms with E-state index in [4.69, 9.17) is 15.6 Å². The molecule has 3 heterocycles. The van der Waals surface area contributed by atoms with E-state index in [1.807, 2.05) is 25.1 Å². The number of nitrogens with one attached hydrogen (secondary N) is 1. The first-order valence-corrected chi connectivity index (χ1v) is 11.5. The number of nitrogens with two attached hydrogens (primary N) is 1. The van der Waals surface area contributed by atoms with Crippen LogP contribution in [0.5, 0.6) is 5.75 Å². The number of allylic oxidation sites excluding steroid dienone is 3. The molecule has 3 aromatic rings. The molecule has 1 fully saturated rings. The summed E-state index contributed by atoms with van der Waals surface area (Å²) in [6.07, 6.45) is 2.99. The van der Waals surface area contributed by atoms with Crippen LogP contribution in [-0.2, 0) is 11.2 Å². The Morgan fingerprint density at radius 1 is 1.40 bits per heavy atom. The largest absolute Gasteiger partial charge is 0.491 e. The number of carboxylic acids is 1. The van der Waals surface area contributed by atoms with Gasteiger partial charge < -0.3 is 25.8 Å². The highest BCUT2D eigenvalue weighted by atomic mass is 19.1. The second-order valence-corrected chi connectivity index (χ2v) is 8.81. The van der Waals surface area contributed by atoms with Gasteiger partial charge >= 0.3 is 5.97 Å². The number of aromatic nitrogens is 4. The molecule has 1 aromatic carbocycles. The lowest BCUT2D eigenvalue weighted by Crippen LogP contribution is -2.49. The lowest BCUT2D eigenvalue weighted by Gasteiger charge is -2.37. The molecular weight excluding hydrogens is 453 g/mol. The maximum absolute atomic E-state index is 13.5. The third kappa shape index (κ3) is 5.51. The van der Waals surface area contributed by atoms with Crippen LogP contribution in [0.3, 0.4) is 0 Å². The van der Waals surface area contributed by atoms with E-state index in [2.05, 4.69) is 32.2 Å². The average Bonchev–Trinajstić information content (AvgIpc) is 3.22. The molecule has 11 heteroatoms. The van der Waals surface area contributed by atoms with Gasteiger partial charge in [-0.25, -0.2) is 14.4 Å². The van der Waals surface area contributed by atoms with Gasteiger partial charge in [-0.2, -0.15) is 4.52 Å². The number of hydrogen-bond acceptors (Lipinski definition) is 8. The second kappa shape index (κ2) is 10.3. The minimum Gasteiger partial charge on any atom is -0.491 e. The molecular formula is C24H30FN7O3. The third-order valence-corrected chi connectivity index (χ3v) is 5.86. The van der Waals surface area contributed by atoms with Gasteiger partial charge in [0.1, 0.15) is 17.7 Å². The van der Waals surface area contributed by atoms with E-state index in [1.54, 1.807) is 6.07 Å². The molecule has 0 spiro atoms. The first kappa shape index (κ1) is 24.4. The maximum atomic E-state index is 13.5. The van der Waals surface area contributed by atoms with E-state index in [9.17, 15) is 9.18 Å². The summed E-state index contributed by atoms with van der Waals surface area (Å²) in [6.45, 7) is 8.44. The van der Waals surface area contributed by atoms with Crippen LogP contribution in [-0.4, -0.2) is 67.8 Å². The molecule has 1 saturated heterocycles. The summed E-state index contributed by atoms with van der Waals surface area (Å²) in [5.41, 5.74) is 8.03. The van der Waals surface area contributed by atoms with Crippen molar-refractivity contribution in [1.29, 1.82) is 0 Å². The summed E-state index contributed by atoms with van der Waals surface area (Å²) < 4.78 is 21.1. The van der Waals surface area contributed by atoms with E-state index < -0.39 is 5.97 Å². The van der Waals surface area contributed by atoms with Crippen molar-refractivity contribution in [1.82, 2.24) is 29.8 Å². The van der Waals surface area contributed by atoms with Crippen molar-refractivity contribution in [2.24, 2.45) is 5.92 Å². The van der Waals surface area contributed by atoms with Gasteiger partial charge in [0.15, 0.2) is 11.5 Å². The molecule has 0 saturated carbocycles. The predicted octanol–water partition coefficient (Wildman–Crippen LogP) is 2.55. The summed E-state index contributed by atoms with van der Waals surface area (Å²) in [5.74, 6) is -0.559. The standard InChI is InChI=1S/C24H30FN7O3/c1-14(18(8-7-15(2)25)31-10-9-27-16(3)12-31)13-35-19-6-4-5-17-22(19)29-24(26)32-23(17)28-20(30-32)11-21(33)34/h4-8,14,16,27H,9-13H2,1-3H3,(H2,26,29)(H,33,34)/b15-7+,18-8+/t14?,16-/m1/s1. The highest BCUT2D eigenvalue weighted by Crippen LogP contribution is 2.29. The number of aliphatic carboxylic acids is 1. The van der Waals surface area contributed by atoms with Crippen LogP contribution in [0.25, 0.3) is 16.6 Å². The first-order valence-electron chi connectivity index (χ1n) is 11.5. The minimum atomic E-state index is -1.03. The van der Waals surface area contributed by atoms with Crippen molar-refractivity contribution in [3.05, 3.63) is 47.7 Å². The van der Waals surface area contributed by atoms with E-state index in [-0.39, 0.29) is 29.9 Å². The fraction of sp³-hybridized carbons (Fsp3) is 0.417. The summed E-state index contributed by atoms with van der Waals surface area (Å²) >= 11 is 0. The van der Waals surface area contributed by atoms with Crippen molar-refractivity contribution in [3.8, 4) is 5.75 Å². The van der Waals surface area contributed by atoms with Crippen LogP contribution in [0.15, 0.2) is 41.9 Å². The third-order valence-electron chi connectivity index (χ3n) is 5.86. The van der Waals surface area contributed by atoms with Crippen molar-refractivity contribution < 1.29 is 19.0 Å². The van der Waals surface area contributed by atoms with Gasteiger partial charge in [-0.05, 0) is 38.1 Å². The van der Waals surface area contributed by atoms with Crippen LogP contribution in [0, 0.1) is 5.92 Å². The first-order chi connectivity index (χ1) is 16.7. The van der Waals surface area contributed by atoms with Gasteiger partial charge in [-0.15, -0.1) is 5.10 Å². The molecule has 4 N–H and O–H groups in total. The molecule has 0 bridgehead atoms. The van der Waals surface area contributed by atoms with Crippen LogP contribution in [0.2, 0.25) is 0 Å². The van der Waals surface area contributed by atoms with E-state index in [0.717, 1.165) is 25.3 Å². The number of carboxylic acid groups (broad SMARTS) is 1. The summed E-state index contributed by atoms with van der Waals surface area (Å²) in [4.78, 5) is 22.1. The van der Waals surface area contributed by atoms with Crippen molar-refractivity contribution in [2.75, 3.05) is 32.0 Å². The number of nitrogens with zero attached hydrogens (tertiary/aromatic N) is 5. The second-order valence-electron chi connectivity index (χ2n) is 8.81. The molecule has 0 aliphatic carbocycles. The van der Waals surface area contributed by atoms with Crippen LogP contribution >= 0.6 is 0 Å². The molecule has 1 aliphatic rings. The Morgan fingerprint density at radius 3 is 2.91 bits per heavy atom. The number of anilines is 1. The monoisotopic (exact) mass is 483 g/mol. The zero-order chi connectivity index (χ0) is 25.1. The smallest absolute Gasteiger partial charge is 0.311 e. The zero-order valence-electron chi connectivity index (χ0n) is 20.0. The molecule has 2 aromatic heterocycles. The highest BCUT2D eigenvalue weighted by molar-refractivity contribution is 5.95. The van der Waals surface area contributed by atoms with Gasteiger partial charge in [0.2, 0.25) is 5.95 Å². The fourth-order valence-electron chi connectivity index (χ4n) is 4.24. The van der Waals surface area contributed by atoms with Gasteiger partial charge in [-0.3, -0.25) is 4.79 Å². The molecule has 0 radical (unpaired) electrons. The van der Waals surface area contributed by atoms with Crippen molar-refractivity contribution in [2.45, 2.75) is 33.2 Å². The van der Waals surface area contributed by atoms with Crippen LogP contribution in [0.1, 0.15) is 26.6 Å². The molecule has 10 nitrogen and oxygen atoms in total. The number of carbonyl (C=O) groups is 1. The lowest BCUT2D eigenvalue weighted by atomic mass is 10.0. The van der Waals surface area contributed by atoms with Gasteiger partial charge in [0.25, 0.3) is 0 Å². The maximum Gasteiger partial charge on any atom is 0.311 e. The number of hydrogen-bond donors (Lipinski definition) is 3. The van der Waals surface area contributed by atoms with Gasteiger partial charge in [0.05, 0.1) is 12.4 Å². The zero-order valence-corrected chi connectivity index (χ0v) is 20.0. The molecule has 4 rings (SSSR count). The number of halogens is 1. The number of rotatable bonds is 8. The molecule has 2 atom stereocenters. The molecule has 186 valence electrons. The van der Waals surface area contributed by atoms with E-state index >= 15 is 0 Å². The van der Waals surface area contributed by atoms with Crippen molar-refractivity contribution in [3.63, 3.8) is 0 Å². The van der Waals surface area contributed by atoms with E-state index in [0.29, 0.717) is 34.9 Å². The number of benzene rings is 1. The van der Waals surface area contributed by atoms with Gasteiger partial charge in [-0.1, -0.05) is 13.0 Å². The number of ether oxygens (including phenoxy) is 1. The summed E-state index contributed by atoms with van der Waals surface area (Å²) in [6, 6.07) is 5.76. The topological polar surface area (TPSA) is 131 Å².